The van der Waals surface area contributed by atoms with Crippen molar-refractivity contribution in [2.45, 2.75) is 98.7 Å². The van der Waals surface area contributed by atoms with Gasteiger partial charge in [-0.1, -0.05) is 0 Å². The Bertz CT molecular complexity index is 1680. The van der Waals surface area contributed by atoms with Gasteiger partial charge >= 0.3 is 11.9 Å². The number of H-pyrrole nitrogens is 1. The predicted molar refractivity (Wildman–Crippen MR) is 153 cm³/mol. The molecule has 17 heteroatoms. The normalized spacial score (nSPS) is 27.0. The number of hydrogen-bond acceptors (Lipinski definition) is 9. The van der Waals surface area contributed by atoms with E-state index in [1.807, 2.05) is 4.90 Å². The van der Waals surface area contributed by atoms with E-state index >= 15 is 4.39 Å². The van der Waals surface area contributed by atoms with Crippen LogP contribution in [0.3, 0.4) is 0 Å². The van der Waals surface area contributed by atoms with Gasteiger partial charge in [-0.05, 0) is 57.4 Å². The molecule has 8 rings (SSSR count). The van der Waals surface area contributed by atoms with Crippen LogP contribution in [-0.2, 0) is 10.6 Å². The van der Waals surface area contributed by atoms with Crippen molar-refractivity contribution in [3.05, 3.63) is 18.5 Å². The highest BCUT2D eigenvalue weighted by Gasteiger charge is 2.67. The number of urea groups is 1. The van der Waals surface area contributed by atoms with Gasteiger partial charge in [0.1, 0.15) is 5.69 Å². The van der Waals surface area contributed by atoms with Gasteiger partial charge in [0.05, 0.1) is 40.7 Å². The standard InChI is InChI=1S/C28H32BF3N8O5/c29-27(42)26(31,32)9-8-24(6-7-24)39(27)23(41)35-19-12-34-36-21(19)18-10-20-17(11-33-18)22(38-13-16(14-38)45-15-2-3-15)37-40(20)28(43,44)25(30)4-1-5-25/h10-12,15-16,42-44H,1-9,13-14H2,(H,34,36)(H,35,41). The molecule has 3 aliphatic carbocycles. The van der Waals surface area contributed by atoms with E-state index in [-0.39, 0.29) is 54.1 Å². The fourth-order valence-corrected chi connectivity index (χ4v) is 6.73. The Morgan fingerprint density at radius 1 is 1.09 bits per heavy atom. The van der Waals surface area contributed by atoms with Gasteiger partial charge in [-0.2, -0.15) is 5.10 Å². The zero-order valence-electron chi connectivity index (χ0n) is 24.2. The second kappa shape index (κ2) is 9.33. The summed E-state index contributed by atoms with van der Waals surface area (Å²) in [5.74, 6) is -6.31. The van der Waals surface area contributed by atoms with Gasteiger partial charge in [-0.25, -0.2) is 22.6 Å². The zero-order valence-corrected chi connectivity index (χ0v) is 24.2. The monoisotopic (exact) mass is 628 g/mol. The number of nitrogens with zero attached hydrogens (tertiary/aromatic N) is 6. The number of anilines is 2. The summed E-state index contributed by atoms with van der Waals surface area (Å²) in [5.41, 5.74) is -5.99. The maximum atomic E-state index is 15.6. The lowest BCUT2D eigenvalue weighted by atomic mass is 9.75. The fraction of sp³-hybridized carbons (Fsp3) is 0.643. The van der Waals surface area contributed by atoms with Crippen LogP contribution in [0.25, 0.3) is 22.3 Å². The maximum Gasteiger partial charge on any atom is 0.324 e. The molecular formula is C28H32BF3N8O5. The number of pyridine rings is 1. The first-order chi connectivity index (χ1) is 21.2. The number of aliphatic hydroxyl groups is 3. The van der Waals surface area contributed by atoms with Crippen molar-refractivity contribution < 1.29 is 38.0 Å². The van der Waals surface area contributed by atoms with Crippen LogP contribution in [-0.4, -0.2) is 107 Å². The molecule has 0 aromatic carbocycles. The summed E-state index contributed by atoms with van der Waals surface area (Å²) >= 11 is 0. The molecule has 3 saturated carbocycles. The van der Waals surface area contributed by atoms with Crippen molar-refractivity contribution in [3.8, 4) is 11.4 Å². The van der Waals surface area contributed by atoms with Crippen LogP contribution < -0.4 is 10.2 Å². The average Bonchev–Trinajstić information content (AvgIpc) is 3.84. The van der Waals surface area contributed by atoms with Gasteiger partial charge in [0.25, 0.3) is 5.92 Å². The number of carbonyl (C=O) groups is 1. The Morgan fingerprint density at radius 3 is 2.44 bits per heavy atom. The van der Waals surface area contributed by atoms with Gasteiger partial charge in [0, 0.05) is 31.2 Å². The van der Waals surface area contributed by atoms with Gasteiger partial charge in [0.2, 0.25) is 0 Å². The van der Waals surface area contributed by atoms with Gasteiger partial charge < -0.3 is 30.3 Å². The molecule has 2 aliphatic heterocycles. The first kappa shape index (κ1) is 29.0. The molecule has 2 radical (unpaired) electrons. The summed E-state index contributed by atoms with van der Waals surface area (Å²) in [5, 5.41) is 47.0. The summed E-state index contributed by atoms with van der Waals surface area (Å²) < 4.78 is 51.7. The number of hydrogen-bond donors (Lipinski definition) is 5. The first-order valence-electron chi connectivity index (χ1n) is 15.2. The van der Waals surface area contributed by atoms with Crippen LogP contribution in [0.4, 0.5) is 29.5 Å². The number of ether oxygens (including phenoxy) is 1. The molecular weight excluding hydrogens is 596 g/mol. The summed E-state index contributed by atoms with van der Waals surface area (Å²) in [6.45, 7) is 1.05. The zero-order chi connectivity index (χ0) is 31.6. The van der Waals surface area contributed by atoms with Crippen LogP contribution >= 0.6 is 0 Å². The lowest BCUT2D eigenvalue weighted by Crippen LogP contribution is -2.70. The van der Waals surface area contributed by atoms with Crippen LogP contribution in [0.2, 0.25) is 0 Å². The van der Waals surface area contributed by atoms with Gasteiger partial charge in [-0.15, -0.1) is 5.10 Å². The van der Waals surface area contributed by atoms with Crippen molar-refractivity contribution >= 4 is 36.3 Å². The van der Waals surface area contributed by atoms with Crippen molar-refractivity contribution in [3.63, 3.8) is 0 Å². The summed E-state index contributed by atoms with van der Waals surface area (Å²) in [6.07, 6.45) is 5.59. The number of piperidine rings is 1. The minimum absolute atomic E-state index is 0.00839. The fourth-order valence-electron chi connectivity index (χ4n) is 6.73. The van der Waals surface area contributed by atoms with Crippen molar-refractivity contribution in [1.29, 1.82) is 0 Å². The Morgan fingerprint density at radius 2 is 1.80 bits per heavy atom. The van der Waals surface area contributed by atoms with Crippen molar-refractivity contribution in [2.24, 2.45) is 0 Å². The molecule has 13 nitrogen and oxygen atoms in total. The molecule has 2 amide bonds. The quantitative estimate of drug-likeness (QED) is 0.195. The third-order valence-electron chi connectivity index (χ3n) is 10.1. The van der Waals surface area contributed by atoms with E-state index in [0.29, 0.717) is 48.5 Å². The molecule has 238 valence electrons. The molecule has 3 aromatic heterocycles. The molecule has 3 aromatic rings. The Labute approximate surface area is 256 Å². The summed E-state index contributed by atoms with van der Waals surface area (Å²) in [7, 11) is 5.68. The van der Waals surface area contributed by atoms with E-state index in [9.17, 15) is 28.9 Å². The highest BCUT2D eigenvalue weighted by molar-refractivity contribution is 6.17. The molecule has 1 spiro atoms. The molecule has 2 saturated heterocycles. The topological polar surface area (TPSA) is 165 Å². The number of alkyl halides is 3. The third kappa shape index (κ3) is 4.30. The molecule has 5 heterocycles. The van der Waals surface area contributed by atoms with E-state index in [2.05, 4.69) is 25.6 Å². The maximum absolute atomic E-state index is 15.6. The summed E-state index contributed by atoms with van der Waals surface area (Å²) in [6, 6.07) is 0.412. The van der Waals surface area contributed by atoms with E-state index in [0.717, 1.165) is 17.5 Å². The molecule has 45 heavy (non-hydrogen) atoms. The number of aromatic amines is 1. The van der Waals surface area contributed by atoms with Crippen molar-refractivity contribution in [1.82, 2.24) is 29.9 Å². The van der Waals surface area contributed by atoms with Gasteiger partial charge in [0.15, 0.2) is 25.0 Å². The number of aromatic nitrogens is 5. The van der Waals surface area contributed by atoms with Gasteiger partial charge in [-0.3, -0.25) is 15.0 Å². The molecule has 0 bridgehead atoms. The van der Waals surface area contributed by atoms with E-state index < -0.39 is 41.1 Å². The number of rotatable bonds is 7. The third-order valence-corrected chi connectivity index (χ3v) is 10.1. The minimum Gasteiger partial charge on any atom is -0.374 e. The van der Waals surface area contributed by atoms with Crippen LogP contribution in [0.5, 0.6) is 0 Å². The van der Waals surface area contributed by atoms with E-state index in [1.165, 1.54) is 18.5 Å². The number of amides is 2. The smallest absolute Gasteiger partial charge is 0.324 e. The number of nitrogens with one attached hydrogen (secondary N) is 2. The van der Waals surface area contributed by atoms with Crippen LogP contribution in [0, 0.1) is 0 Å². The Hall–Kier alpha value is -3.41. The number of carbonyl (C=O) groups excluding carboxylic acids is 1. The molecule has 5 aliphatic rings. The number of halogens is 3. The highest BCUT2D eigenvalue weighted by atomic mass is 19.3. The van der Waals surface area contributed by atoms with E-state index in [1.54, 1.807) is 0 Å². The number of fused-ring (bicyclic) bond motifs is 1. The van der Waals surface area contributed by atoms with Crippen LogP contribution in [0.1, 0.15) is 57.8 Å². The minimum atomic E-state index is -3.73. The first-order valence-corrected chi connectivity index (χ1v) is 15.2. The summed E-state index contributed by atoms with van der Waals surface area (Å²) in [4.78, 5) is 20.4. The molecule has 1 unspecified atom stereocenters. The Kier molecular flexibility index (Phi) is 6.02. The second-order valence-corrected chi connectivity index (χ2v) is 13.2. The Balaban J connectivity index is 1.13. The average molecular weight is 628 g/mol. The highest BCUT2D eigenvalue weighted by Crippen LogP contribution is 2.56. The molecule has 1 atom stereocenters. The lowest BCUT2D eigenvalue weighted by Gasteiger charge is -2.51. The van der Waals surface area contributed by atoms with Crippen molar-refractivity contribution in [2.75, 3.05) is 23.3 Å². The predicted octanol–water partition coefficient (Wildman–Crippen LogP) is 2.29. The second-order valence-electron chi connectivity index (χ2n) is 13.2. The molecule has 5 fully saturated rings. The largest absolute Gasteiger partial charge is 0.374 e. The van der Waals surface area contributed by atoms with E-state index in [4.69, 9.17) is 12.6 Å². The SMILES string of the molecule is [B]C1(O)N(C(=O)Nc2cn[nH]c2-c2cc3c(cn2)c(N2CC(OC4CC4)C2)nn3C(O)(O)C2(F)CCC2)C2(CC2)CCC1(F)F. The number of likely N-dealkylation sites (tertiary alicyclic amines) is 1. The lowest BCUT2D eigenvalue weighted by molar-refractivity contribution is -0.330. The van der Waals surface area contributed by atoms with Crippen LogP contribution in [0.15, 0.2) is 18.5 Å². The molecule has 5 N–H and O–H groups in total.